The molecule has 0 unspecified atom stereocenters. The number of rotatable bonds is 3. The summed E-state index contributed by atoms with van der Waals surface area (Å²) in [6, 6.07) is 12.3. The zero-order valence-corrected chi connectivity index (χ0v) is 11.4. The van der Waals surface area contributed by atoms with E-state index in [1.54, 1.807) is 24.3 Å². The van der Waals surface area contributed by atoms with Crippen LogP contribution in [-0.4, -0.2) is 16.1 Å². The van der Waals surface area contributed by atoms with Crippen LogP contribution < -0.4 is 11.1 Å². The van der Waals surface area contributed by atoms with Crippen molar-refractivity contribution in [2.45, 2.75) is 0 Å². The molecule has 0 aliphatic heterocycles. The molecule has 0 aliphatic carbocycles. The fourth-order valence-electron chi connectivity index (χ4n) is 1.75. The number of nitrogens with two attached hydrogens (primary N) is 1. The summed E-state index contributed by atoms with van der Waals surface area (Å²) in [6.45, 7) is 0. The summed E-state index contributed by atoms with van der Waals surface area (Å²) in [5.41, 5.74) is 7.05. The molecule has 2 aromatic carbocycles. The number of nitrogens with one attached hydrogen (secondary N) is 1. The molecular formula is C16H13N3O3. The molecule has 0 aromatic heterocycles. The van der Waals surface area contributed by atoms with Gasteiger partial charge in [-0.1, -0.05) is 0 Å². The van der Waals surface area contributed by atoms with Crippen molar-refractivity contribution in [2.24, 2.45) is 0 Å². The van der Waals surface area contributed by atoms with Crippen LogP contribution >= 0.6 is 0 Å². The second-order valence-corrected chi connectivity index (χ2v) is 4.48. The van der Waals surface area contributed by atoms with Crippen molar-refractivity contribution < 1.29 is 15.0 Å². The zero-order chi connectivity index (χ0) is 16.1. The molecule has 0 fully saturated rings. The first-order valence-electron chi connectivity index (χ1n) is 6.30. The van der Waals surface area contributed by atoms with E-state index in [-0.39, 0.29) is 17.1 Å². The topological polar surface area (TPSA) is 119 Å². The van der Waals surface area contributed by atoms with Crippen LogP contribution in [0.2, 0.25) is 0 Å². The lowest BCUT2D eigenvalue weighted by atomic mass is 10.1. The number of hydrogen-bond acceptors (Lipinski definition) is 5. The van der Waals surface area contributed by atoms with Crippen LogP contribution in [0.3, 0.4) is 0 Å². The molecule has 2 aromatic rings. The number of phenols is 2. The minimum Gasteiger partial charge on any atom is -0.504 e. The molecule has 6 nitrogen and oxygen atoms in total. The summed E-state index contributed by atoms with van der Waals surface area (Å²) in [5.74, 6) is -1.15. The van der Waals surface area contributed by atoms with Gasteiger partial charge in [-0.25, -0.2) is 0 Å². The van der Waals surface area contributed by atoms with Crippen LogP contribution in [-0.2, 0) is 4.79 Å². The number of benzene rings is 2. The Bertz CT molecular complexity index is 774. The average Bonchev–Trinajstić information content (AvgIpc) is 2.50. The fourth-order valence-corrected chi connectivity index (χ4v) is 1.75. The molecule has 0 heterocycles. The lowest BCUT2D eigenvalue weighted by Crippen LogP contribution is -2.08. The van der Waals surface area contributed by atoms with Gasteiger partial charge in [0.25, 0.3) is 0 Å². The number of carbonyl (C=O) groups excluding carboxylic acids is 1. The van der Waals surface area contributed by atoms with Gasteiger partial charge in [0, 0.05) is 17.5 Å². The van der Waals surface area contributed by atoms with Crippen molar-refractivity contribution in [2.75, 3.05) is 11.1 Å². The second kappa shape index (κ2) is 6.33. The lowest BCUT2D eigenvalue weighted by molar-refractivity contribution is -0.111. The van der Waals surface area contributed by atoms with Crippen molar-refractivity contribution in [3.05, 3.63) is 54.1 Å². The van der Waals surface area contributed by atoms with E-state index in [0.717, 1.165) is 6.08 Å². The first-order valence-corrected chi connectivity index (χ1v) is 6.30. The van der Waals surface area contributed by atoms with Gasteiger partial charge in [0.15, 0.2) is 11.5 Å². The number of carbonyl (C=O) groups is 1. The van der Waals surface area contributed by atoms with E-state index < -0.39 is 5.91 Å². The molecule has 0 aliphatic rings. The van der Waals surface area contributed by atoms with Gasteiger partial charge < -0.3 is 21.3 Å². The van der Waals surface area contributed by atoms with E-state index in [2.05, 4.69) is 5.32 Å². The normalized spacial score (nSPS) is 10.8. The lowest BCUT2D eigenvalue weighted by Gasteiger charge is -2.04. The van der Waals surface area contributed by atoms with Crippen LogP contribution in [0.25, 0.3) is 5.57 Å². The van der Waals surface area contributed by atoms with E-state index in [9.17, 15) is 15.0 Å². The summed E-state index contributed by atoms with van der Waals surface area (Å²) < 4.78 is 0. The highest BCUT2D eigenvalue weighted by atomic mass is 16.3. The molecular weight excluding hydrogens is 282 g/mol. The molecule has 110 valence electrons. The van der Waals surface area contributed by atoms with Gasteiger partial charge in [0.2, 0.25) is 5.91 Å². The quantitative estimate of drug-likeness (QED) is 0.299. The summed E-state index contributed by atoms with van der Waals surface area (Å²) in [6.07, 6.45) is 1.11. The van der Waals surface area contributed by atoms with Gasteiger partial charge in [-0.3, -0.25) is 4.79 Å². The Morgan fingerprint density at radius 2 is 1.82 bits per heavy atom. The number of nitriles is 1. The Morgan fingerprint density at radius 3 is 2.41 bits per heavy atom. The van der Waals surface area contributed by atoms with Gasteiger partial charge in [0.1, 0.15) is 0 Å². The number of hydrogen-bond donors (Lipinski definition) is 4. The Kier molecular flexibility index (Phi) is 4.30. The smallest absolute Gasteiger partial charge is 0.249 e. The Labute approximate surface area is 126 Å². The molecule has 6 heteroatoms. The Morgan fingerprint density at radius 1 is 1.14 bits per heavy atom. The third-order valence-electron chi connectivity index (χ3n) is 2.86. The van der Waals surface area contributed by atoms with Crippen LogP contribution in [0.4, 0.5) is 11.4 Å². The van der Waals surface area contributed by atoms with Crippen molar-refractivity contribution in [1.82, 2.24) is 0 Å². The molecule has 1 amide bonds. The number of allylic oxidation sites excluding steroid dienone is 1. The number of amides is 1. The Balaban J connectivity index is 2.21. The molecule has 22 heavy (non-hydrogen) atoms. The number of anilines is 2. The monoisotopic (exact) mass is 295 g/mol. The highest BCUT2D eigenvalue weighted by Crippen LogP contribution is 2.28. The van der Waals surface area contributed by atoms with E-state index in [0.29, 0.717) is 16.9 Å². The first kappa shape index (κ1) is 14.9. The van der Waals surface area contributed by atoms with Gasteiger partial charge in [-0.2, -0.15) is 5.26 Å². The van der Waals surface area contributed by atoms with E-state index in [1.165, 1.54) is 18.2 Å². The maximum Gasteiger partial charge on any atom is 0.249 e. The van der Waals surface area contributed by atoms with E-state index in [4.69, 9.17) is 11.0 Å². The van der Waals surface area contributed by atoms with E-state index in [1.807, 2.05) is 6.07 Å². The fraction of sp³-hybridized carbons (Fsp3) is 0. The maximum absolute atomic E-state index is 11.9. The average molecular weight is 295 g/mol. The SMILES string of the molecule is N#C/C(=C/C(=O)Nc1ccc(N)cc1)c1ccc(O)c(O)c1. The second-order valence-electron chi connectivity index (χ2n) is 4.48. The van der Waals surface area contributed by atoms with Gasteiger partial charge in [-0.05, 0) is 48.0 Å². The zero-order valence-electron chi connectivity index (χ0n) is 11.4. The van der Waals surface area contributed by atoms with Crippen molar-refractivity contribution in [3.8, 4) is 17.6 Å². The van der Waals surface area contributed by atoms with Crippen LogP contribution in [0.5, 0.6) is 11.5 Å². The molecule has 0 atom stereocenters. The maximum atomic E-state index is 11.9. The summed E-state index contributed by atoms with van der Waals surface area (Å²) in [7, 11) is 0. The summed E-state index contributed by atoms with van der Waals surface area (Å²) in [5, 5.41) is 30.4. The van der Waals surface area contributed by atoms with Gasteiger partial charge in [0.05, 0.1) is 11.6 Å². The van der Waals surface area contributed by atoms with Crippen LogP contribution in [0.15, 0.2) is 48.5 Å². The third kappa shape index (κ3) is 3.55. The van der Waals surface area contributed by atoms with Gasteiger partial charge >= 0.3 is 0 Å². The minimum atomic E-state index is -0.492. The molecule has 0 saturated heterocycles. The molecule has 0 saturated carbocycles. The molecule has 2 rings (SSSR count). The molecule has 0 spiro atoms. The minimum absolute atomic E-state index is 0.0586. The predicted octanol–water partition coefficient (Wildman–Crippen LogP) is 2.23. The number of nitrogens with zero attached hydrogens (tertiary/aromatic N) is 1. The third-order valence-corrected chi connectivity index (χ3v) is 2.86. The number of nitrogen functional groups attached to an aromatic ring is 1. The van der Waals surface area contributed by atoms with Crippen LogP contribution in [0, 0.1) is 11.3 Å². The molecule has 5 N–H and O–H groups in total. The summed E-state index contributed by atoms with van der Waals surface area (Å²) in [4.78, 5) is 11.9. The van der Waals surface area contributed by atoms with Crippen molar-refractivity contribution in [3.63, 3.8) is 0 Å². The predicted molar refractivity (Wildman–Crippen MR) is 82.8 cm³/mol. The standard InChI is InChI=1S/C16H13N3O3/c17-9-11(10-1-6-14(20)15(21)7-10)8-16(22)19-13-4-2-12(18)3-5-13/h1-8,20-21H,18H2,(H,19,22)/b11-8-. The highest BCUT2D eigenvalue weighted by molar-refractivity contribution is 6.06. The Hall–Kier alpha value is -3.46. The van der Waals surface area contributed by atoms with E-state index >= 15 is 0 Å². The highest BCUT2D eigenvalue weighted by Gasteiger charge is 2.08. The van der Waals surface area contributed by atoms with Crippen molar-refractivity contribution in [1.29, 1.82) is 5.26 Å². The largest absolute Gasteiger partial charge is 0.504 e. The van der Waals surface area contributed by atoms with Crippen LogP contribution in [0.1, 0.15) is 5.56 Å². The first-order chi connectivity index (χ1) is 10.5. The van der Waals surface area contributed by atoms with Gasteiger partial charge in [-0.15, -0.1) is 0 Å². The molecule has 0 bridgehead atoms. The summed E-state index contributed by atoms with van der Waals surface area (Å²) >= 11 is 0. The molecule has 0 radical (unpaired) electrons. The number of phenolic OH excluding ortho intramolecular Hbond substituents is 2. The number of aromatic hydroxyl groups is 2. The van der Waals surface area contributed by atoms with Crippen molar-refractivity contribution >= 4 is 22.9 Å².